The van der Waals surface area contributed by atoms with Crippen LogP contribution in [-0.4, -0.2) is 39.4 Å². The van der Waals surface area contributed by atoms with Crippen LogP contribution in [0.5, 0.6) is 0 Å². The molecular weight excluding hydrogens is 389 g/mol. The molecule has 8 nitrogen and oxygen atoms in total. The third-order valence-electron chi connectivity index (χ3n) is 3.56. The molecule has 1 fully saturated rings. The standard InChI is InChI=1S/C10H10ClF3N6.C5H8O2/c1-15-8-5(10(12,13)14)3-16-9(18-8)17-6-4-20(2)19-7(6)11;1-4-2-3-7-5(4)6/h3-4H,1-2H3,(H2,15,16,17,18);4H,2-3H2,1H3. The highest BCUT2D eigenvalue weighted by molar-refractivity contribution is 6.32. The molecular formula is C15H18ClF3N6O2. The number of carbonyl (C=O) groups is 1. The molecule has 0 amide bonds. The van der Waals surface area contributed by atoms with E-state index in [0.29, 0.717) is 18.5 Å². The minimum absolute atomic E-state index is 0.0164. The van der Waals surface area contributed by atoms with Gasteiger partial charge in [0, 0.05) is 26.5 Å². The van der Waals surface area contributed by atoms with E-state index in [1.54, 1.807) is 13.2 Å². The number of hydrogen-bond donors (Lipinski definition) is 2. The van der Waals surface area contributed by atoms with Crippen LogP contribution < -0.4 is 10.6 Å². The van der Waals surface area contributed by atoms with Crippen LogP contribution in [0.15, 0.2) is 12.4 Å². The maximum absolute atomic E-state index is 12.7. The lowest BCUT2D eigenvalue weighted by molar-refractivity contribution is -0.141. The Balaban J connectivity index is 0.000000313. The van der Waals surface area contributed by atoms with Crippen molar-refractivity contribution in [3.8, 4) is 0 Å². The molecule has 0 aromatic carbocycles. The topological polar surface area (TPSA) is 94.0 Å². The van der Waals surface area contributed by atoms with E-state index in [0.717, 1.165) is 6.42 Å². The number of halogens is 4. The highest BCUT2D eigenvalue weighted by Crippen LogP contribution is 2.34. The Hall–Kier alpha value is -2.56. The number of ether oxygens (including phenoxy) is 1. The predicted molar refractivity (Wildman–Crippen MR) is 92.8 cm³/mol. The van der Waals surface area contributed by atoms with E-state index in [1.807, 2.05) is 6.92 Å². The number of nitrogens with zero attached hydrogens (tertiary/aromatic N) is 4. The molecule has 2 N–H and O–H groups in total. The molecule has 12 heteroatoms. The van der Waals surface area contributed by atoms with Gasteiger partial charge >= 0.3 is 12.1 Å². The quantitative estimate of drug-likeness (QED) is 0.755. The van der Waals surface area contributed by atoms with Crippen LogP contribution in [0.2, 0.25) is 5.15 Å². The summed E-state index contributed by atoms with van der Waals surface area (Å²) in [4.78, 5) is 17.7. The van der Waals surface area contributed by atoms with Crippen molar-refractivity contribution in [3.63, 3.8) is 0 Å². The average Bonchev–Trinajstić information content (AvgIpc) is 3.11. The Kier molecular flexibility index (Phi) is 6.47. The number of nitrogens with one attached hydrogen (secondary N) is 2. The molecule has 1 aliphatic rings. The first-order valence-electron chi connectivity index (χ1n) is 7.86. The summed E-state index contributed by atoms with van der Waals surface area (Å²) in [6.45, 7) is 2.51. The molecule has 3 rings (SSSR count). The molecule has 2 aromatic heterocycles. The van der Waals surface area contributed by atoms with E-state index in [9.17, 15) is 18.0 Å². The van der Waals surface area contributed by atoms with E-state index >= 15 is 0 Å². The third kappa shape index (κ3) is 5.46. The Labute approximate surface area is 158 Å². The smallest absolute Gasteiger partial charge is 0.421 e. The second-order valence-corrected chi connectivity index (χ2v) is 6.05. The fourth-order valence-electron chi connectivity index (χ4n) is 2.10. The molecule has 1 saturated heterocycles. The van der Waals surface area contributed by atoms with Crippen LogP contribution in [0.25, 0.3) is 0 Å². The number of aryl methyl sites for hydroxylation is 1. The van der Waals surface area contributed by atoms with Gasteiger partial charge in [0.15, 0.2) is 5.15 Å². The Morgan fingerprint density at radius 2 is 2.11 bits per heavy atom. The van der Waals surface area contributed by atoms with Crippen molar-refractivity contribution in [1.82, 2.24) is 19.7 Å². The van der Waals surface area contributed by atoms with E-state index in [1.165, 1.54) is 11.7 Å². The maximum atomic E-state index is 12.7. The van der Waals surface area contributed by atoms with Crippen molar-refractivity contribution in [1.29, 1.82) is 0 Å². The predicted octanol–water partition coefficient (Wildman–Crippen LogP) is 3.24. The van der Waals surface area contributed by atoms with Crippen molar-refractivity contribution in [2.24, 2.45) is 13.0 Å². The van der Waals surface area contributed by atoms with Gasteiger partial charge in [-0.2, -0.15) is 23.3 Å². The van der Waals surface area contributed by atoms with Gasteiger partial charge < -0.3 is 15.4 Å². The average molecular weight is 407 g/mol. The van der Waals surface area contributed by atoms with Crippen LogP contribution in [0, 0.1) is 5.92 Å². The molecule has 0 saturated carbocycles. The molecule has 27 heavy (non-hydrogen) atoms. The first-order valence-corrected chi connectivity index (χ1v) is 8.24. The van der Waals surface area contributed by atoms with Gasteiger partial charge in [-0.05, 0) is 6.42 Å². The first kappa shape index (κ1) is 20.7. The summed E-state index contributed by atoms with van der Waals surface area (Å²) in [6.07, 6.45) is -1.37. The van der Waals surface area contributed by atoms with Gasteiger partial charge in [-0.1, -0.05) is 18.5 Å². The van der Waals surface area contributed by atoms with Gasteiger partial charge in [-0.3, -0.25) is 9.48 Å². The molecule has 1 unspecified atom stereocenters. The lowest BCUT2D eigenvalue weighted by Crippen LogP contribution is -2.12. The summed E-state index contributed by atoms with van der Waals surface area (Å²) in [5.41, 5.74) is -0.543. The fraction of sp³-hybridized carbons (Fsp3) is 0.467. The van der Waals surface area contributed by atoms with Crippen LogP contribution >= 0.6 is 11.6 Å². The van der Waals surface area contributed by atoms with Crippen molar-refractivity contribution in [2.75, 3.05) is 24.3 Å². The van der Waals surface area contributed by atoms with Gasteiger partial charge in [0.25, 0.3) is 0 Å². The minimum Gasteiger partial charge on any atom is -0.465 e. The zero-order valence-corrected chi connectivity index (χ0v) is 15.5. The number of rotatable bonds is 3. The molecule has 3 heterocycles. The number of anilines is 3. The SMILES string of the molecule is CC1CCOC1=O.CNc1nc(Nc2cn(C)nc2Cl)ncc1C(F)(F)F. The van der Waals surface area contributed by atoms with E-state index < -0.39 is 11.7 Å². The second-order valence-electron chi connectivity index (χ2n) is 5.69. The lowest BCUT2D eigenvalue weighted by atomic mass is 10.2. The number of aromatic nitrogens is 4. The van der Waals surface area contributed by atoms with E-state index in [4.69, 9.17) is 11.6 Å². The molecule has 0 radical (unpaired) electrons. The summed E-state index contributed by atoms with van der Waals surface area (Å²) < 4.78 is 44.1. The van der Waals surface area contributed by atoms with Crippen molar-refractivity contribution in [3.05, 3.63) is 23.1 Å². The summed E-state index contributed by atoms with van der Waals surface area (Å²) in [5.74, 6) is -0.229. The second kappa shape index (κ2) is 8.42. The van der Waals surface area contributed by atoms with Crippen LogP contribution in [-0.2, 0) is 22.8 Å². The highest BCUT2D eigenvalue weighted by atomic mass is 35.5. The third-order valence-corrected chi connectivity index (χ3v) is 3.84. The van der Waals surface area contributed by atoms with Crippen molar-refractivity contribution in [2.45, 2.75) is 19.5 Å². The summed E-state index contributed by atoms with van der Waals surface area (Å²) in [6, 6.07) is 0. The zero-order chi connectivity index (χ0) is 20.2. The molecule has 0 aliphatic carbocycles. The minimum atomic E-state index is -4.52. The Morgan fingerprint density at radius 3 is 2.52 bits per heavy atom. The summed E-state index contributed by atoms with van der Waals surface area (Å²) in [7, 11) is 3.00. The van der Waals surface area contributed by atoms with Gasteiger partial charge in [0.2, 0.25) is 5.95 Å². The number of cyclic esters (lactones) is 1. The number of hydrogen-bond acceptors (Lipinski definition) is 7. The maximum Gasteiger partial charge on any atom is 0.421 e. The lowest BCUT2D eigenvalue weighted by Gasteiger charge is -2.12. The summed E-state index contributed by atoms with van der Waals surface area (Å²) in [5, 5.41) is 9.13. The van der Waals surface area contributed by atoms with Crippen LogP contribution in [0.4, 0.5) is 30.6 Å². The van der Waals surface area contributed by atoms with Crippen LogP contribution in [0.1, 0.15) is 18.9 Å². The monoisotopic (exact) mass is 406 g/mol. The van der Waals surface area contributed by atoms with E-state index in [2.05, 4.69) is 30.4 Å². The number of esters is 1. The van der Waals surface area contributed by atoms with Crippen molar-refractivity contribution >= 4 is 35.0 Å². The van der Waals surface area contributed by atoms with Crippen molar-refractivity contribution < 1.29 is 22.7 Å². The molecule has 0 bridgehead atoms. The van der Waals surface area contributed by atoms with Gasteiger partial charge in [-0.15, -0.1) is 0 Å². The summed E-state index contributed by atoms with van der Waals surface area (Å²) >= 11 is 5.83. The Bertz CT molecular complexity index is 811. The molecule has 1 atom stereocenters. The number of carbonyl (C=O) groups excluding carboxylic acids is 1. The first-order chi connectivity index (χ1) is 12.6. The normalized spacial score (nSPS) is 16.4. The van der Waals surface area contributed by atoms with Gasteiger partial charge in [-0.25, -0.2) is 4.98 Å². The van der Waals surface area contributed by atoms with Gasteiger partial charge in [0.1, 0.15) is 11.4 Å². The molecule has 148 valence electrons. The van der Waals surface area contributed by atoms with Crippen LogP contribution in [0.3, 0.4) is 0 Å². The highest BCUT2D eigenvalue weighted by Gasteiger charge is 2.35. The van der Waals surface area contributed by atoms with E-state index in [-0.39, 0.29) is 28.8 Å². The largest absolute Gasteiger partial charge is 0.465 e. The van der Waals surface area contributed by atoms with Gasteiger partial charge in [0.05, 0.1) is 18.2 Å². The molecule has 0 spiro atoms. The molecule has 2 aromatic rings. The molecule has 1 aliphatic heterocycles. The Morgan fingerprint density at radius 1 is 1.41 bits per heavy atom. The zero-order valence-electron chi connectivity index (χ0n) is 14.8. The fourth-order valence-corrected chi connectivity index (χ4v) is 2.32. The number of alkyl halides is 3.